The zero-order chi connectivity index (χ0) is 14.2. The van der Waals surface area contributed by atoms with Gasteiger partial charge in [0.1, 0.15) is 11.8 Å². The zero-order valence-electron chi connectivity index (χ0n) is 11.2. The number of rotatable bonds is 2. The van der Waals surface area contributed by atoms with Crippen molar-refractivity contribution in [3.63, 3.8) is 0 Å². The zero-order valence-corrected chi connectivity index (χ0v) is 11.2. The normalized spacial score (nSPS) is 22.0. The third-order valence-corrected chi connectivity index (χ3v) is 3.33. The summed E-state index contributed by atoms with van der Waals surface area (Å²) < 4.78 is 30.8. The Bertz CT molecular complexity index is 471. The third kappa shape index (κ3) is 2.76. The second-order valence-electron chi connectivity index (χ2n) is 5.21. The van der Waals surface area contributed by atoms with E-state index in [1.54, 1.807) is 13.8 Å². The molecule has 1 heterocycles. The smallest absolute Gasteiger partial charge is 0.315 e. The fraction of sp³-hybridized carbons (Fsp3) is 0.500. The Balaban J connectivity index is 2.20. The molecule has 2 rings (SSSR count). The highest BCUT2D eigenvalue weighted by Crippen LogP contribution is 2.36. The van der Waals surface area contributed by atoms with E-state index in [4.69, 9.17) is 4.74 Å². The molecule has 3 nitrogen and oxygen atoms in total. The molecule has 1 saturated heterocycles. The molecule has 19 heavy (non-hydrogen) atoms. The lowest BCUT2D eigenvalue weighted by Gasteiger charge is -2.29. The molecule has 0 aliphatic carbocycles. The summed E-state index contributed by atoms with van der Waals surface area (Å²) in [5, 5.41) is 0. The van der Waals surface area contributed by atoms with Crippen LogP contribution < -0.4 is 0 Å². The van der Waals surface area contributed by atoms with Crippen LogP contribution in [0.5, 0.6) is 0 Å². The Morgan fingerprint density at radius 2 is 1.95 bits per heavy atom. The molecule has 1 aliphatic heterocycles. The van der Waals surface area contributed by atoms with E-state index in [2.05, 4.69) is 0 Å². The van der Waals surface area contributed by atoms with E-state index in [9.17, 15) is 13.6 Å². The Labute approximate surface area is 111 Å². The molecule has 1 aromatic carbocycles. The molecule has 0 bridgehead atoms. The maximum Gasteiger partial charge on any atom is 0.315 e. The Morgan fingerprint density at radius 1 is 1.37 bits per heavy atom. The molecule has 1 fully saturated rings. The van der Waals surface area contributed by atoms with Crippen molar-refractivity contribution in [3.05, 3.63) is 35.4 Å². The lowest BCUT2D eigenvalue weighted by Crippen LogP contribution is -2.46. The number of amides is 1. The highest BCUT2D eigenvalue weighted by Gasteiger charge is 2.44. The SMILES string of the molecule is Cc1ccc(C2CN(C(=O)C(F)F)C(C)(C)O2)cc1. The van der Waals surface area contributed by atoms with Crippen LogP contribution in [-0.2, 0) is 9.53 Å². The van der Waals surface area contributed by atoms with Gasteiger partial charge in [-0.1, -0.05) is 29.8 Å². The van der Waals surface area contributed by atoms with Gasteiger partial charge in [-0.25, -0.2) is 0 Å². The van der Waals surface area contributed by atoms with Gasteiger partial charge in [0.05, 0.1) is 6.54 Å². The van der Waals surface area contributed by atoms with Crippen LogP contribution in [0.25, 0.3) is 0 Å². The minimum Gasteiger partial charge on any atom is -0.346 e. The van der Waals surface area contributed by atoms with E-state index in [0.717, 1.165) is 16.0 Å². The van der Waals surface area contributed by atoms with Crippen LogP contribution in [0, 0.1) is 6.92 Å². The highest BCUT2D eigenvalue weighted by molar-refractivity contribution is 5.80. The number of nitrogens with zero attached hydrogens (tertiary/aromatic N) is 1. The second-order valence-corrected chi connectivity index (χ2v) is 5.21. The van der Waals surface area contributed by atoms with E-state index >= 15 is 0 Å². The van der Waals surface area contributed by atoms with Gasteiger partial charge in [0.25, 0.3) is 5.91 Å². The topological polar surface area (TPSA) is 29.5 Å². The average Bonchev–Trinajstić information content (AvgIpc) is 2.65. The van der Waals surface area contributed by atoms with Crippen molar-refractivity contribution in [2.24, 2.45) is 0 Å². The lowest BCUT2D eigenvalue weighted by molar-refractivity contribution is -0.157. The number of alkyl halides is 2. The number of carbonyl (C=O) groups excluding carboxylic acids is 1. The number of ether oxygens (including phenoxy) is 1. The molecule has 1 unspecified atom stereocenters. The van der Waals surface area contributed by atoms with Crippen molar-refractivity contribution >= 4 is 5.91 Å². The van der Waals surface area contributed by atoms with Gasteiger partial charge in [-0.15, -0.1) is 0 Å². The van der Waals surface area contributed by atoms with Crippen LogP contribution >= 0.6 is 0 Å². The minimum absolute atomic E-state index is 0.152. The first-order valence-electron chi connectivity index (χ1n) is 6.15. The molecule has 0 saturated carbocycles. The van der Waals surface area contributed by atoms with Gasteiger partial charge in [-0.3, -0.25) is 4.79 Å². The molecule has 0 radical (unpaired) electrons. The highest BCUT2D eigenvalue weighted by atomic mass is 19.3. The van der Waals surface area contributed by atoms with Crippen molar-refractivity contribution in [2.45, 2.75) is 39.0 Å². The lowest BCUT2D eigenvalue weighted by atomic mass is 10.1. The number of carbonyl (C=O) groups is 1. The maximum atomic E-state index is 12.6. The number of hydrogen-bond donors (Lipinski definition) is 0. The number of benzene rings is 1. The Hall–Kier alpha value is -1.49. The molecule has 104 valence electrons. The van der Waals surface area contributed by atoms with E-state index in [-0.39, 0.29) is 12.6 Å². The summed E-state index contributed by atoms with van der Waals surface area (Å²) in [7, 11) is 0. The molecule has 1 amide bonds. The molecule has 1 atom stereocenters. The summed E-state index contributed by atoms with van der Waals surface area (Å²) >= 11 is 0. The van der Waals surface area contributed by atoms with Crippen molar-refractivity contribution < 1.29 is 18.3 Å². The van der Waals surface area contributed by atoms with Crippen LogP contribution in [0.4, 0.5) is 8.78 Å². The first-order chi connectivity index (χ1) is 8.81. The van der Waals surface area contributed by atoms with Crippen LogP contribution in [0.2, 0.25) is 0 Å². The summed E-state index contributed by atoms with van der Waals surface area (Å²) in [4.78, 5) is 12.6. The molecule has 5 heteroatoms. The van der Waals surface area contributed by atoms with Gasteiger partial charge < -0.3 is 9.64 Å². The molecule has 0 spiro atoms. The van der Waals surface area contributed by atoms with Crippen LogP contribution in [0.1, 0.15) is 31.1 Å². The molecular formula is C14H17F2NO2. The summed E-state index contributed by atoms with van der Waals surface area (Å²) in [5.74, 6) is -1.18. The summed E-state index contributed by atoms with van der Waals surface area (Å²) in [6, 6.07) is 7.66. The summed E-state index contributed by atoms with van der Waals surface area (Å²) in [6.45, 7) is 5.37. The van der Waals surface area contributed by atoms with Crippen molar-refractivity contribution in [1.82, 2.24) is 4.90 Å². The van der Waals surface area contributed by atoms with Gasteiger partial charge in [0.2, 0.25) is 0 Å². The molecule has 1 aromatic rings. The van der Waals surface area contributed by atoms with Crippen LogP contribution in [0.15, 0.2) is 24.3 Å². The average molecular weight is 269 g/mol. The first kappa shape index (κ1) is 13.9. The van der Waals surface area contributed by atoms with E-state index in [1.165, 1.54) is 0 Å². The first-order valence-corrected chi connectivity index (χ1v) is 6.15. The monoisotopic (exact) mass is 269 g/mol. The van der Waals surface area contributed by atoms with Crippen molar-refractivity contribution in [2.75, 3.05) is 6.54 Å². The van der Waals surface area contributed by atoms with Gasteiger partial charge in [0.15, 0.2) is 0 Å². The third-order valence-electron chi connectivity index (χ3n) is 3.33. The van der Waals surface area contributed by atoms with E-state index in [0.29, 0.717) is 0 Å². The fourth-order valence-electron chi connectivity index (χ4n) is 2.26. The standard InChI is InChI=1S/C14H17F2NO2/c1-9-4-6-10(7-5-9)11-8-17(13(18)12(15)16)14(2,3)19-11/h4-7,11-12H,8H2,1-3H3. The summed E-state index contributed by atoms with van der Waals surface area (Å²) in [5.41, 5.74) is 0.994. The van der Waals surface area contributed by atoms with Crippen molar-refractivity contribution in [1.29, 1.82) is 0 Å². The second kappa shape index (κ2) is 4.89. The predicted molar refractivity (Wildman–Crippen MR) is 66.8 cm³/mol. The quantitative estimate of drug-likeness (QED) is 0.826. The predicted octanol–water partition coefficient (Wildman–Crippen LogP) is 2.90. The summed E-state index contributed by atoms with van der Waals surface area (Å²) in [6.07, 6.45) is -3.36. The number of halogens is 2. The number of aryl methyl sites for hydroxylation is 1. The Morgan fingerprint density at radius 3 is 2.47 bits per heavy atom. The number of hydrogen-bond acceptors (Lipinski definition) is 2. The van der Waals surface area contributed by atoms with Crippen molar-refractivity contribution in [3.8, 4) is 0 Å². The maximum absolute atomic E-state index is 12.6. The molecule has 0 N–H and O–H groups in total. The van der Waals surface area contributed by atoms with Gasteiger partial charge in [-0.05, 0) is 26.3 Å². The van der Waals surface area contributed by atoms with Gasteiger partial charge in [-0.2, -0.15) is 8.78 Å². The fourth-order valence-corrected chi connectivity index (χ4v) is 2.26. The van der Waals surface area contributed by atoms with Crippen LogP contribution in [0.3, 0.4) is 0 Å². The van der Waals surface area contributed by atoms with E-state index < -0.39 is 18.1 Å². The molecule has 0 aromatic heterocycles. The van der Waals surface area contributed by atoms with Crippen LogP contribution in [-0.4, -0.2) is 29.5 Å². The van der Waals surface area contributed by atoms with Gasteiger partial charge >= 0.3 is 6.43 Å². The minimum atomic E-state index is -3.00. The molecule has 1 aliphatic rings. The Kier molecular flexibility index (Phi) is 3.58. The molecular weight excluding hydrogens is 252 g/mol. The van der Waals surface area contributed by atoms with E-state index in [1.807, 2.05) is 31.2 Å². The largest absolute Gasteiger partial charge is 0.346 e. The van der Waals surface area contributed by atoms with Gasteiger partial charge in [0, 0.05) is 0 Å².